The minimum Gasteiger partial charge on any atom is -0.481 e. The number of nitrogens with two attached hydrogens (primary N) is 2. The summed E-state index contributed by atoms with van der Waals surface area (Å²) in [5.74, 6) is -8.05. The van der Waals surface area contributed by atoms with Gasteiger partial charge in [-0.3, -0.25) is 38.4 Å². The number of nitrogens with zero attached hydrogens (tertiary/aromatic N) is 1. The second kappa shape index (κ2) is 18.2. The number of primary amides is 1. The van der Waals surface area contributed by atoms with Gasteiger partial charge in [-0.15, -0.1) is 0 Å². The highest BCUT2D eigenvalue weighted by molar-refractivity contribution is 6.00. The smallest absolute Gasteiger partial charge is 0.305 e. The number of aliphatic carboxylic acids is 1. The Morgan fingerprint density at radius 3 is 1.96 bits per heavy atom. The molecule has 47 heavy (non-hydrogen) atoms. The van der Waals surface area contributed by atoms with Gasteiger partial charge in [-0.05, 0) is 50.5 Å². The summed E-state index contributed by atoms with van der Waals surface area (Å²) >= 11 is 0. The third-order valence-electron chi connectivity index (χ3n) is 8.49. The third-order valence-corrected chi connectivity index (χ3v) is 8.49. The quantitative estimate of drug-likeness (QED) is 0.108. The van der Waals surface area contributed by atoms with E-state index in [9.17, 15) is 43.5 Å². The Morgan fingerprint density at radius 1 is 0.809 bits per heavy atom. The summed E-state index contributed by atoms with van der Waals surface area (Å²) < 4.78 is 0. The van der Waals surface area contributed by atoms with Gasteiger partial charge >= 0.3 is 5.97 Å². The molecule has 7 amide bonds. The number of fused-ring (bicyclic) bond motifs is 1. The fraction of sp³-hybridized carbons (Fsp3) is 0.733. The molecule has 7 atom stereocenters. The number of carbonyl (C=O) groups is 8. The van der Waals surface area contributed by atoms with Crippen LogP contribution in [0.1, 0.15) is 79.1 Å². The van der Waals surface area contributed by atoms with Crippen LogP contribution in [0.3, 0.4) is 0 Å². The summed E-state index contributed by atoms with van der Waals surface area (Å²) in [7, 11) is 0. The van der Waals surface area contributed by atoms with Crippen LogP contribution < -0.4 is 38.1 Å². The lowest BCUT2D eigenvalue weighted by Gasteiger charge is -2.32. The van der Waals surface area contributed by atoms with Crippen LogP contribution in [0.15, 0.2) is 0 Å². The van der Waals surface area contributed by atoms with E-state index in [-0.39, 0.29) is 19.4 Å². The van der Waals surface area contributed by atoms with E-state index >= 15 is 0 Å². The average molecular weight is 667 g/mol. The van der Waals surface area contributed by atoms with Crippen molar-refractivity contribution in [3.05, 3.63) is 0 Å². The largest absolute Gasteiger partial charge is 0.481 e. The van der Waals surface area contributed by atoms with Gasteiger partial charge in [0.1, 0.15) is 36.3 Å². The van der Waals surface area contributed by atoms with Crippen LogP contribution >= 0.6 is 0 Å². The highest BCUT2D eigenvalue weighted by atomic mass is 16.4. The Bertz CT molecular complexity index is 1200. The zero-order valence-electron chi connectivity index (χ0n) is 27.5. The number of unbranched alkanes of at least 4 members (excludes halogenated alkanes) is 1. The molecule has 2 heterocycles. The van der Waals surface area contributed by atoms with Crippen molar-refractivity contribution in [2.24, 2.45) is 23.3 Å². The van der Waals surface area contributed by atoms with E-state index in [1.807, 2.05) is 0 Å². The van der Waals surface area contributed by atoms with E-state index in [1.165, 1.54) is 4.90 Å². The van der Waals surface area contributed by atoms with Crippen molar-refractivity contribution in [2.75, 3.05) is 13.1 Å². The molecule has 17 heteroatoms. The van der Waals surface area contributed by atoms with Crippen LogP contribution in [-0.2, 0) is 38.4 Å². The summed E-state index contributed by atoms with van der Waals surface area (Å²) in [4.78, 5) is 106. The van der Waals surface area contributed by atoms with Crippen LogP contribution in [-0.4, -0.2) is 107 Å². The molecule has 264 valence electrons. The molecule has 2 rings (SSSR count). The Balaban J connectivity index is 2.64. The molecule has 2 aliphatic rings. The number of carboxylic acid groups (broad SMARTS) is 1. The van der Waals surface area contributed by atoms with Crippen molar-refractivity contribution in [1.29, 1.82) is 0 Å². The standard InChI is InChI=1S/C30H50N8O9/c1-5-16(4)24-29(46)35-19(14-22(40)41)30(47)38-12-8-10-20(38)27(44)36-23(15(2)3)28(45)34-18(13-21(32)39)26(43)33-17(25(42)37-24)9-6-7-11-31/h15-20,23-24H,5-14,31H2,1-4H3,(H2,32,39)(H,33,43)(H,34,45)(H,35,46)(H,36,44)(H,37,42)(H,40,41)/t16?,17-,18-,19-,20-,23-,24-/m0/s1. The van der Waals surface area contributed by atoms with Crippen LogP contribution in [0.25, 0.3) is 0 Å². The normalized spacial score (nSPS) is 27.4. The minimum absolute atomic E-state index is 0.0853. The monoisotopic (exact) mass is 666 g/mol. The molecule has 0 aromatic heterocycles. The van der Waals surface area contributed by atoms with Crippen molar-refractivity contribution in [2.45, 2.75) is 115 Å². The summed E-state index contributed by atoms with van der Waals surface area (Å²) in [5.41, 5.74) is 11.0. The number of nitrogens with one attached hydrogen (secondary N) is 5. The molecule has 0 saturated carbocycles. The van der Waals surface area contributed by atoms with Crippen molar-refractivity contribution < 1.29 is 43.5 Å². The van der Waals surface area contributed by atoms with E-state index in [2.05, 4.69) is 26.6 Å². The fourth-order valence-corrected chi connectivity index (χ4v) is 5.59. The molecule has 0 radical (unpaired) electrons. The van der Waals surface area contributed by atoms with Crippen LogP contribution in [0.2, 0.25) is 0 Å². The van der Waals surface area contributed by atoms with E-state index in [1.54, 1.807) is 27.7 Å². The number of rotatable bonds is 11. The Labute approximate surface area is 274 Å². The Hall–Kier alpha value is -4.28. The first-order chi connectivity index (χ1) is 22.1. The molecule has 0 aliphatic carbocycles. The van der Waals surface area contributed by atoms with E-state index in [0.29, 0.717) is 32.2 Å². The molecule has 2 saturated heterocycles. The lowest BCUT2D eigenvalue weighted by Crippen LogP contribution is -2.62. The molecular weight excluding hydrogens is 616 g/mol. The second-order valence-corrected chi connectivity index (χ2v) is 12.5. The Morgan fingerprint density at radius 2 is 1.38 bits per heavy atom. The fourth-order valence-electron chi connectivity index (χ4n) is 5.59. The van der Waals surface area contributed by atoms with Crippen LogP contribution in [0, 0.1) is 11.8 Å². The molecule has 0 aromatic carbocycles. The topological polar surface area (TPSA) is 272 Å². The highest BCUT2D eigenvalue weighted by Crippen LogP contribution is 2.21. The SMILES string of the molecule is CCC(C)[C@@H]1NC(=O)[C@H](CCCCN)NC(=O)[C@H](CC(N)=O)NC(=O)[C@H](C(C)C)NC(=O)[C@@H]2CCCN2C(=O)[C@H](CC(=O)O)NC1=O. The van der Waals surface area contributed by atoms with Crippen molar-refractivity contribution >= 4 is 47.3 Å². The number of hydrogen-bond donors (Lipinski definition) is 8. The summed E-state index contributed by atoms with van der Waals surface area (Å²) in [6, 6.07) is -7.83. The van der Waals surface area contributed by atoms with Crippen molar-refractivity contribution in [1.82, 2.24) is 31.5 Å². The van der Waals surface area contributed by atoms with Gasteiger partial charge in [-0.25, -0.2) is 0 Å². The molecular formula is C30H50N8O9. The first kappa shape index (κ1) is 38.9. The van der Waals surface area contributed by atoms with Gasteiger partial charge in [0.05, 0.1) is 12.8 Å². The van der Waals surface area contributed by atoms with Crippen molar-refractivity contribution in [3.8, 4) is 0 Å². The predicted octanol–water partition coefficient (Wildman–Crippen LogP) is -2.40. The molecule has 1 unspecified atom stereocenters. The van der Waals surface area contributed by atoms with E-state index in [0.717, 1.165) is 0 Å². The zero-order valence-corrected chi connectivity index (χ0v) is 27.5. The lowest BCUT2D eigenvalue weighted by molar-refractivity contribution is -0.146. The number of carbonyl (C=O) groups excluding carboxylic acids is 7. The average Bonchev–Trinajstić information content (AvgIpc) is 3.49. The lowest BCUT2D eigenvalue weighted by atomic mass is 9.96. The highest BCUT2D eigenvalue weighted by Gasteiger charge is 2.42. The third kappa shape index (κ3) is 11.2. The van der Waals surface area contributed by atoms with Gasteiger partial charge in [-0.1, -0.05) is 34.1 Å². The molecule has 17 nitrogen and oxygen atoms in total. The van der Waals surface area contributed by atoms with Gasteiger partial charge in [-0.2, -0.15) is 0 Å². The first-order valence-electron chi connectivity index (χ1n) is 16.1. The van der Waals surface area contributed by atoms with Gasteiger partial charge in [0.15, 0.2) is 0 Å². The molecule has 10 N–H and O–H groups in total. The molecule has 2 fully saturated rings. The van der Waals surface area contributed by atoms with Crippen LogP contribution in [0.5, 0.6) is 0 Å². The van der Waals surface area contributed by atoms with E-state index < -0.39 is 108 Å². The number of hydrogen-bond acceptors (Lipinski definition) is 9. The van der Waals surface area contributed by atoms with Crippen molar-refractivity contribution in [3.63, 3.8) is 0 Å². The Kier molecular flexibility index (Phi) is 15.0. The molecule has 0 spiro atoms. The number of amides is 7. The second-order valence-electron chi connectivity index (χ2n) is 12.5. The summed E-state index contributed by atoms with van der Waals surface area (Å²) in [6.07, 6.45) is 0.599. The molecule has 0 aromatic rings. The molecule has 0 bridgehead atoms. The maximum atomic E-state index is 13.7. The maximum absolute atomic E-state index is 13.7. The number of carboxylic acids is 1. The summed E-state index contributed by atoms with van der Waals surface area (Å²) in [6.45, 7) is 7.13. The predicted molar refractivity (Wildman–Crippen MR) is 168 cm³/mol. The summed E-state index contributed by atoms with van der Waals surface area (Å²) in [5, 5.41) is 22.3. The van der Waals surface area contributed by atoms with Crippen LogP contribution in [0.4, 0.5) is 0 Å². The van der Waals surface area contributed by atoms with Gasteiger partial charge in [0, 0.05) is 6.54 Å². The minimum atomic E-state index is -1.56. The van der Waals surface area contributed by atoms with Gasteiger partial charge in [0.25, 0.3) is 0 Å². The maximum Gasteiger partial charge on any atom is 0.305 e. The first-order valence-corrected chi connectivity index (χ1v) is 16.1. The van der Waals surface area contributed by atoms with E-state index in [4.69, 9.17) is 11.5 Å². The zero-order chi connectivity index (χ0) is 35.4. The van der Waals surface area contributed by atoms with Gasteiger partial charge < -0.3 is 48.1 Å². The van der Waals surface area contributed by atoms with Gasteiger partial charge in [0.2, 0.25) is 41.4 Å². The molecule has 2 aliphatic heterocycles.